The molecule has 0 spiro atoms. The quantitative estimate of drug-likeness (QED) is 0.668. The van der Waals surface area contributed by atoms with Crippen LogP contribution >= 0.6 is 0 Å². The van der Waals surface area contributed by atoms with Gasteiger partial charge in [-0.05, 0) is 37.1 Å². The predicted molar refractivity (Wildman–Crippen MR) is 99.3 cm³/mol. The second-order valence-corrected chi connectivity index (χ2v) is 6.60. The summed E-state index contributed by atoms with van der Waals surface area (Å²) < 4.78 is 20.2. The molecule has 1 saturated carbocycles. The molecule has 6 nitrogen and oxygen atoms in total. The number of benzene rings is 2. The van der Waals surface area contributed by atoms with Crippen LogP contribution in [0.4, 0.5) is 4.39 Å². The molecule has 28 heavy (non-hydrogen) atoms. The van der Waals surface area contributed by atoms with E-state index < -0.39 is 12.1 Å². The summed E-state index contributed by atoms with van der Waals surface area (Å²) in [4.78, 5) is 29.5. The van der Waals surface area contributed by atoms with Crippen LogP contribution < -0.4 is 5.32 Å². The number of nitrogens with zero attached hydrogens (tertiary/aromatic N) is 2. The zero-order chi connectivity index (χ0) is 19.5. The molecular weight excluding hydrogens is 361 g/mol. The Morgan fingerprint density at radius 1 is 1.11 bits per heavy atom. The molecule has 1 aliphatic rings. The van der Waals surface area contributed by atoms with Gasteiger partial charge in [0.05, 0.1) is 12.5 Å². The summed E-state index contributed by atoms with van der Waals surface area (Å²) in [5.41, 5.74) is 1.29. The summed E-state index contributed by atoms with van der Waals surface area (Å²) in [6.07, 6.45) is 3.58. The standard InChI is InChI=1S/C21H18FN3O3/c22-15-6-10-17(11-7-15)25-13-23-12-18(25)21(27)28-19(14-4-2-1-3-5-14)20(26)24-16-8-9-16/h1-7,10-13,16,19H,8-9H2,(H,24,26)/t19-/m0/s1. The van der Waals surface area contributed by atoms with E-state index in [1.54, 1.807) is 24.3 Å². The highest BCUT2D eigenvalue weighted by Gasteiger charge is 2.31. The first-order chi connectivity index (χ1) is 13.6. The van der Waals surface area contributed by atoms with Crippen molar-refractivity contribution < 1.29 is 18.7 Å². The number of esters is 1. The monoisotopic (exact) mass is 379 g/mol. The molecule has 1 heterocycles. The smallest absolute Gasteiger partial charge is 0.358 e. The minimum Gasteiger partial charge on any atom is -0.443 e. The van der Waals surface area contributed by atoms with Crippen LogP contribution in [0.25, 0.3) is 5.69 Å². The summed E-state index contributed by atoms with van der Waals surface area (Å²) in [6, 6.07) is 14.6. The maximum absolute atomic E-state index is 13.2. The lowest BCUT2D eigenvalue weighted by Crippen LogP contribution is -2.33. The van der Waals surface area contributed by atoms with Crippen LogP contribution in [-0.2, 0) is 9.53 Å². The molecule has 7 heteroatoms. The Morgan fingerprint density at radius 3 is 2.50 bits per heavy atom. The van der Waals surface area contributed by atoms with Crippen molar-refractivity contribution >= 4 is 11.9 Å². The maximum Gasteiger partial charge on any atom is 0.358 e. The molecule has 3 aromatic rings. The molecule has 0 unspecified atom stereocenters. The number of rotatable bonds is 6. The second-order valence-electron chi connectivity index (χ2n) is 6.60. The van der Waals surface area contributed by atoms with Gasteiger partial charge in [0.2, 0.25) is 6.10 Å². The first kappa shape index (κ1) is 17.9. The molecule has 4 rings (SSSR count). The lowest BCUT2D eigenvalue weighted by atomic mass is 10.1. The van der Waals surface area contributed by atoms with E-state index in [-0.39, 0.29) is 23.5 Å². The fourth-order valence-corrected chi connectivity index (χ4v) is 2.83. The van der Waals surface area contributed by atoms with Gasteiger partial charge in [0.25, 0.3) is 5.91 Å². The molecule has 142 valence electrons. The average Bonchev–Trinajstić information content (AvgIpc) is 3.38. The van der Waals surface area contributed by atoms with Crippen LogP contribution in [0.3, 0.4) is 0 Å². The van der Waals surface area contributed by atoms with Crippen molar-refractivity contribution in [2.45, 2.75) is 25.0 Å². The molecule has 1 fully saturated rings. The fraction of sp³-hybridized carbons (Fsp3) is 0.190. The van der Waals surface area contributed by atoms with Crippen LogP contribution in [0.5, 0.6) is 0 Å². The number of halogens is 1. The van der Waals surface area contributed by atoms with Crippen molar-refractivity contribution in [2.75, 3.05) is 0 Å². The van der Waals surface area contributed by atoms with E-state index in [2.05, 4.69) is 10.3 Å². The maximum atomic E-state index is 13.2. The number of imidazole rings is 1. The first-order valence-electron chi connectivity index (χ1n) is 8.96. The summed E-state index contributed by atoms with van der Waals surface area (Å²) in [5.74, 6) is -1.43. The molecule has 1 amide bonds. The fourth-order valence-electron chi connectivity index (χ4n) is 2.83. The molecule has 0 radical (unpaired) electrons. The molecule has 0 saturated heterocycles. The van der Waals surface area contributed by atoms with Crippen molar-refractivity contribution in [3.8, 4) is 5.69 Å². The van der Waals surface area contributed by atoms with Gasteiger partial charge in [-0.1, -0.05) is 30.3 Å². The van der Waals surface area contributed by atoms with E-state index in [9.17, 15) is 14.0 Å². The Balaban J connectivity index is 1.59. The third-order valence-electron chi connectivity index (χ3n) is 4.44. The van der Waals surface area contributed by atoms with E-state index in [4.69, 9.17) is 4.74 Å². The molecule has 1 aromatic heterocycles. The van der Waals surface area contributed by atoms with Crippen LogP contribution in [0.2, 0.25) is 0 Å². The van der Waals surface area contributed by atoms with Gasteiger partial charge in [0.15, 0.2) is 5.69 Å². The number of amides is 1. The third kappa shape index (κ3) is 3.93. The van der Waals surface area contributed by atoms with Gasteiger partial charge >= 0.3 is 5.97 Å². The number of carbonyl (C=O) groups excluding carboxylic acids is 2. The Labute approximate surface area is 161 Å². The normalized spacial score (nSPS) is 14.3. The van der Waals surface area contributed by atoms with E-state index in [1.165, 1.54) is 41.4 Å². The number of hydrogen-bond acceptors (Lipinski definition) is 4. The van der Waals surface area contributed by atoms with Gasteiger partial charge in [0, 0.05) is 17.3 Å². The van der Waals surface area contributed by atoms with E-state index >= 15 is 0 Å². The SMILES string of the molecule is O=C(O[C@H](C(=O)NC1CC1)c1ccccc1)c1cncn1-c1ccc(F)cc1. The minimum absolute atomic E-state index is 0.141. The van der Waals surface area contributed by atoms with Crippen molar-refractivity contribution in [1.29, 1.82) is 0 Å². The molecule has 0 aliphatic heterocycles. The first-order valence-corrected chi connectivity index (χ1v) is 8.96. The van der Waals surface area contributed by atoms with Gasteiger partial charge in [-0.2, -0.15) is 0 Å². The van der Waals surface area contributed by atoms with E-state index in [0.717, 1.165) is 12.8 Å². The number of aromatic nitrogens is 2. The van der Waals surface area contributed by atoms with E-state index in [0.29, 0.717) is 11.3 Å². The van der Waals surface area contributed by atoms with Gasteiger partial charge in [-0.25, -0.2) is 14.2 Å². The molecular formula is C21H18FN3O3. The van der Waals surface area contributed by atoms with Crippen LogP contribution in [0.1, 0.15) is 35.0 Å². The molecule has 1 aliphatic carbocycles. The van der Waals surface area contributed by atoms with Gasteiger partial charge < -0.3 is 10.1 Å². The van der Waals surface area contributed by atoms with Crippen molar-refractivity contribution in [3.05, 3.63) is 84.2 Å². The summed E-state index contributed by atoms with van der Waals surface area (Å²) in [7, 11) is 0. The second kappa shape index (κ2) is 7.64. The van der Waals surface area contributed by atoms with Crippen molar-refractivity contribution in [1.82, 2.24) is 14.9 Å². The number of nitrogens with one attached hydrogen (secondary N) is 1. The van der Waals surface area contributed by atoms with Crippen LogP contribution in [0.15, 0.2) is 67.1 Å². The number of hydrogen-bond donors (Lipinski definition) is 1. The highest BCUT2D eigenvalue weighted by atomic mass is 19.1. The van der Waals surface area contributed by atoms with Crippen molar-refractivity contribution in [3.63, 3.8) is 0 Å². The average molecular weight is 379 g/mol. The van der Waals surface area contributed by atoms with Gasteiger partial charge in [-0.15, -0.1) is 0 Å². The Kier molecular flexibility index (Phi) is 4.89. The van der Waals surface area contributed by atoms with Crippen LogP contribution in [0, 0.1) is 5.82 Å². The predicted octanol–water partition coefficient (Wildman–Crippen LogP) is 3.19. The van der Waals surface area contributed by atoms with Gasteiger partial charge in [0.1, 0.15) is 5.82 Å². The van der Waals surface area contributed by atoms with E-state index in [1.807, 2.05) is 6.07 Å². The summed E-state index contributed by atoms with van der Waals surface area (Å²) in [5, 5.41) is 2.88. The molecule has 0 bridgehead atoms. The number of ether oxygens (including phenoxy) is 1. The topological polar surface area (TPSA) is 73.2 Å². The molecule has 2 aromatic carbocycles. The Bertz CT molecular complexity index is 982. The molecule has 1 atom stereocenters. The Hall–Kier alpha value is -3.48. The highest BCUT2D eigenvalue weighted by molar-refractivity contribution is 5.92. The number of carbonyl (C=O) groups is 2. The van der Waals surface area contributed by atoms with Gasteiger partial charge in [-0.3, -0.25) is 9.36 Å². The third-order valence-corrected chi connectivity index (χ3v) is 4.44. The Morgan fingerprint density at radius 2 is 1.82 bits per heavy atom. The van der Waals surface area contributed by atoms with Crippen molar-refractivity contribution in [2.24, 2.45) is 0 Å². The zero-order valence-corrected chi connectivity index (χ0v) is 14.9. The lowest BCUT2D eigenvalue weighted by molar-refractivity contribution is -0.130. The summed E-state index contributed by atoms with van der Waals surface area (Å²) >= 11 is 0. The summed E-state index contributed by atoms with van der Waals surface area (Å²) in [6.45, 7) is 0. The lowest BCUT2D eigenvalue weighted by Gasteiger charge is -2.18. The largest absolute Gasteiger partial charge is 0.443 e. The van der Waals surface area contributed by atoms with Crippen LogP contribution in [-0.4, -0.2) is 27.5 Å². The highest BCUT2D eigenvalue weighted by Crippen LogP contribution is 2.24. The minimum atomic E-state index is -1.06. The molecule has 1 N–H and O–H groups in total. The zero-order valence-electron chi connectivity index (χ0n) is 14.9.